The van der Waals surface area contributed by atoms with Gasteiger partial charge in [0.25, 0.3) is 5.91 Å². The second-order valence-electron chi connectivity index (χ2n) is 7.79. The maximum absolute atomic E-state index is 13.1. The molecule has 2 aromatic rings. The molecule has 3 rings (SSSR count). The normalized spacial score (nSPS) is 19.8. The van der Waals surface area contributed by atoms with Gasteiger partial charge in [0.1, 0.15) is 0 Å². The minimum absolute atomic E-state index is 0.0308. The fourth-order valence-corrected chi connectivity index (χ4v) is 3.73. The molecule has 1 aliphatic carbocycles. The Kier molecular flexibility index (Phi) is 5.82. The summed E-state index contributed by atoms with van der Waals surface area (Å²) in [6, 6.07) is 5.91. The van der Waals surface area contributed by atoms with Crippen LogP contribution in [0.25, 0.3) is 5.69 Å². The molecule has 0 spiro atoms. The third-order valence-corrected chi connectivity index (χ3v) is 5.58. The molecule has 1 fully saturated rings. The van der Waals surface area contributed by atoms with Gasteiger partial charge >= 0.3 is 6.18 Å². The van der Waals surface area contributed by atoms with Gasteiger partial charge in [-0.1, -0.05) is 13.0 Å². The Labute approximate surface area is 167 Å². The van der Waals surface area contributed by atoms with Crippen LogP contribution in [0.3, 0.4) is 0 Å². The Morgan fingerprint density at radius 3 is 2.45 bits per heavy atom. The van der Waals surface area contributed by atoms with Crippen molar-refractivity contribution in [1.29, 1.82) is 0 Å². The van der Waals surface area contributed by atoms with Crippen LogP contribution in [0.4, 0.5) is 13.2 Å². The van der Waals surface area contributed by atoms with E-state index in [2.05, 4.69) is 12.0 Å². The SMILES string of the molecule is Cc1cc(=O)c(C(=O)N(C)C2CCC(C)CC2)nn1-c1cccc(C(F)(F)F)c1. The molecule has 0 bridgehead atoms. The summed E-state index contributed by atoms with van der Waals surface area (Å²) in [6.45, 7) is 3.74. The van der Waals surface area contributed by atoms with Gasteiger partial charge in [0.15, 0.2) is 5.69 Å². The average molecular weight is 407 g/mol. The van der Waals surface area contributed by atoms with E-state index in [4.69, 9.17) is 0 Å². The van der Waals surface area contributed by atoms with Crippen LogP contribution in [0.1, 0.15) is 54.4 Å². The van der Waals surface area contributed by atoms with Crippen molar-refractivity contribution < 1.29 is 18.0 Å². The number of hydrogen-bond acceptors (Lipinski definition) is 3. The summed E-state index contributed by atoms with van der Waals surface area (Å²) >= 11 is 0. The summed E-state index contributed by atoms with van der Waals surface area (Å²) in [5.74, 6) is 0.112. The molecule has 8 heteroatoms. The molecule has 1 aromatic heterocycles. The molecule has 0 radical (unpaired) electrons. The molecule has 156 valence electrons. The van der Waals surface area contributed by atoms with Crippen molar-refractivity contribution in [2.45, 2.75) is 51.7 Å². The number of benzene rings is 1. The lowest BCUT2D eigenvalue weighted by Crippen LogP contribution is -2.42. The van der Waals surface area contributed by atoms with E-state index in [1.54, 1.807) is 18.9 Å². The highest BCUT2D eigenvalue weighted by atomic mass is 19.4. The summed E-state index contributed by atoms with van der Waals surface area (Å²) < 4.78 is 40.4. The van der Waals surface area contributed by atoms with E-state index in [9.17, 15) is 22.8 Å². The lowest BCUT2D eigenvalue weighted by Gasteiger charge is -2.33. The zero-order valence-corrected chi connectivity index (χ0v) is 16.7. The lowest BCUT2D eigenvalue weighted by molar-refractivity contribution is -0.137. The lowest BCUT2D eigenvalue weighted by atomic mass is 9.86. The molecule has 1 aliphatic rings. The maximum Gasteiger partial charge on any atom is 0.416 e. The number of hydrogen-bond donors (Lipinski definition) is 0. The first-order valence-corrected chi connectivity index (χ1v) is 9.63. The standard InChI is InChI=1S/C21H24F3N3O2/c1-13-7-9-16(10-8-13)26(3)20(29)19-18(28)11-14(2)27(25-19)17-6-4-5-15(12-17)21(22,23)24/h4-6,11-13,16H,7-10H2,1-3H3. The van der Waals surface area contributed by atoms with Gasteiger partial charge in [-0.3, -0.25) is 9.59 Å². The van der Waals surface area contributed by atoms with Crippen molar-refractivity contribution in [3.05, 3.63) is 57.5 Å². The van der Waals surface area contributed by atoms with Crippen molar-refractivity contribution in [1.82, 2.24) is 14.7 Å². The van der Waals surface area contributed by atoms with Crippen LogP contribution in [0.5, 0.6) is 0 Å². The Bertz CT molecular complexity index is 960. The average Bonchev–Trinajstić information content (AvgIpc) is 2.67. The van der Waals surface area contributed by atoms with E-state index >= 15 is 0 Å². The number of aromatic nitrogens is 2. The highest BCUT2D eigenvalue weighted by molar-refractivity contribution is 5.92. The van der Waals surface area contributed by atoms with Gasteiger partial charge in [-0.15, -0.1) is 0 Å². The fourth-order valence-electron chi connectivity index (χ4n) is 3.73. The van der Waals surface area contributed by atoms with Gasteiger partial charge < -0.3 is 4.90 Å². The van der Waals surface area contributed by atoms with E-state index in [0.717, 1.165) is 37.8 Å². The van der Waals surface area contributed by atoms with Gasteiger partial charge in [-0.05, 0) is 56.7 Å². The molecule has 1 amide bonds. The summed E-state index contributed by atoms with van der Waals surface area (Å²) in [6.07, 6.45) is -0.760. The summed E-state index contributed by atoms with van der Waals surface area (Å²) in [5.41, 5.74) is -1.15. The number of carbonyl (C=O) groups excluding carboxylic acids is 1. The smallest absolute Gasteiger partial charge is 0.337 e. The first-order valence-electron chi connectivity index (χ1n) is 9.63. The summed E-state index contributed by atoms with van der Waals surface area (Å²) in [5, 5.41) is 4.14. The molecular formula is C21H24F3N3O2. The maximum atomic E-state index is 13.1. The number of amides is 1. The van der Waals surface area contributed by atoms with Crippen molar-refractivity contribution in [2.24, 2.45) is 5.92 Å². The van der Waals surface area contributed by atoms with Crippen LogP contribution in [-0.2, 0) is 6.18 Å². The molecule has 29 heavy (non-hydrogen) atoms. The first-order chi connectivity index (χ1) is 13.6. The largest absolute Gasteiger partial charge is 0.416 e. The van der Waals surface area contributed by atoms with E-state index in [-0.39, 0.29) is 17.4 Å². The van der Waals surface area contributed by atoms with E-state index < -0.39 is 23.1 Å². The monoisotopic (exact) mass is 407 g/mol. The van der Waals surface area contributed by atoms with Crippen molar-refractivity contribution in [2.75, 3.05) is 7.05 Å². The van der Waals surface area contributed by atoms with Gasteiger partial charge in [-0.2, -0.15) is 18.3 Å². The summed E-state index contributed by atoms with van der Waals surface area (Å²) in [7, 11) is 1.65. The molecule has 0 atom stereocenters. The highest BCUT2D eigenvalue weighted by Gasteiger charge is 2.31. The molecule has 0 saturated heterocycles. The minimum Gasteiger partial charge on any atom is -0.337 e. The van der Waals surface area contributed by atoms with Gasteiger partial charge in [0, 0.05) is 24.8 Å². The third kappa shape index (κ3) is 4.52. The topological polar surface area (TPSA) is 55.2 Å². The quantitative estimate of drug-likeness (QED) is 0.766. The molecule has 1 saturated carbocycles. The Hall–Kier alpha value is -2.64. The van der Waals surface area contributed by atoms with Crippen LogP contribution >= 0.6 is 0 Å². The number of halogens is 3. The number of carbonyl (C=O) groups is 1. The Balaban J connectivity index is 1.96. The molecule has 0 aliphatic heterocycles. The molecule has 1 aromatic carbocycles. The van der Waals surface area contributed by atoms with Crippen molar-refractivity contribution in [3.8, 4) is 5.69 Å². The molecule has 0 unspecified atom stereocenters. The number of aryl methyl sites for hydroxylation is 1. The third-order valence-electron chi connectivity index (χ3n) is 5.58. The first kappa shape index (κ1) is 21.1. The van der Waals surface area contributed by atoms with Crippen molar-refractivity contribution in [3.63, 3.8) is 0 Å². The number of alkyl halides is 3. The number of nitrogens with zero attached hydrogens (tertiary/aromatic N) is 3. The molecule has 1 heterocycles. The van der Waals surface area contributed by atoms with E-state index in [0.29, 0.717) is 11.6 Å². The highest BCUT2D eigenvalue weighted by Crippen LogP contribution is 2.30. The van der Waals surface area contributed by atoms with E-state index in [1.165, 1.54) is 22.9 Å². The van der Waals surface area contributed by atoms with Crippen LogP contribution < -0.4 is 5.43 Å². The second kappa shape index (κ2) is 8.00. The van der Waals surface area contributed by atoms with Gasteiger partial charge in [-0.25, -0.2) is 4.68 Å². The molecule has 0 N–H and O–H groups in total. The van der Waals surface area contributed by atoms with Crippen molar-refractivity contribution >= 4 is 5.91 Å². The van der Waals surface area contributed by atoms with Crippen LogP contribution in [0.15, 0.2) is 35.1 Å². The zero-order valence-electron chi connectivity index (χ0n) is 16.7. The second-order valence-corrected chi connectivity index (χ2v) is 7.79. The van der Waals surface area contributed by atoms with Crippen LogP contribution in [0, 0.1) is 12.8 Å². The predicted molar refractivity (Wildman–Crippen MR) is 103 cm³/mol. The van der Waals surface area contributed by atoms with Gasteiger partial charge in [0.05, 0.1) is 11.3 Å². The summed E-state index contributed by atoms with van der Waals surface area (Å²) in [4.78, 5) is 26.9. The molecule has 5 nitrogen and oxygen atoms in total. The molecular weight excluding hydrogens is 383 g/mol. The number of rotatable bonds is 3. The van der Waals surface area contributed by atoms with Gasteiger partial charge in [0.2, 0.25) is 5.43 Å². The van der Waals surface area contributed by atoms with Crippen LogP contribution in [-0.4, -0.2) is 33.7 Å². The van der Waals surface area contributed by atoms with Crippen LogP contribution in [0.2, 0.25) is 0 Å². The minimum atomic E-state index is -4.50. The Morgan fingerprint density at radius 1 is 1.17 bits per heavy atom. The Morgan fingerprint density at radius 2 is 1.83 bits per heavy atom. The zero-order chi connectivity index (χ0) is 21.3. The van der Waals surface area contributed by atoms with E-state index in [1.807, 2.05) is 0 Å². The predicted octanol–water partition coefficient (Wildman–Crippen LogP) is 4.21. The fraction of sp³-hybridized carbons (Fsp3) is 0.476.